The molecule has 0 saturated carbocycles. The van der Waals surface area contributed by atoms with E-state index < -0.39 is 5.79 Å². The number of aryl methyl sites for hydroxylation is 1. The third kappa shape index (κ3) is 2.63. The van der Waals surface area contributed by atoms with Gasteiger partial charge >= 0.3 is 0 Å². The number of rotatable bonds is 6. The average Bonchev–Trinajstić information content (AvgIpc) is 2.29. The van der Waals surface area contributed by atoms with Crippen LogP contribution in [0.1, 0.15) is 38.3 Å². The summed E-state index contributed by atoms with van der Waals surface area (Å²) in [4.78, 5) is 0. The van der Waals surface area contributed by atoms with E-state index in [1.807, 2.05) is 26.0 Å². The first-order valence-corrected chi connectivity index (χ1v) is 6.04. The van der Waals surface area contributed by atoms with Gasteiger partial charge in [0.05, 0.1) is 0 Å². The maximum absolute atomic E-state index is 5.86. The molecule has 0 aromatic heterocycles. The van der Waals surface area contributed by atoms with Gasteiger partial charge in [0, 0.05) is 25.2 Å². The smallest absolute Gasteiger partial charge is 0.194 e. The summed E-state index contributed by atoms with van der Waals surface area (Å²) in [6, 6.07) is 8.25. The van der Waals surface area contributed by atoms with Crippen LogP contribution in [0.2, 0.25) is 0 Å². The molecule has 1 aromatic rings. The average molecular weight is 222 g/mol. The van der Waals surface area contributed by atoms with Crippen LogP contribution in [-0.4, -0.2) is 13.2 Å². The van der Waals surface area contributed by atoms with Gasteiger partial charge in [0.25, 0.3) is 0 Å². The Bertz CT molecular complexity index is 314. The van der Waals surface area contributed by atoms with Gasteiger partial charge in [-0.1, -0.05) is 31.2 Å². The Balaban J connectivity index is 3.13. The van der Waals surface area contributed by atoms with Crippen LogP contribution in [0.3, 0.4) is 0 Å². The lowest BCUT2D eigenvalue weighted by Gasteiger charge is -2.33. The molecule has 0 fully saturated rings. The minimum Gasteiger partial charge on any atom is -0.346 e. The van der Waals surface area contributed by atoms with Crippen molar-refractivity contribution < 1.29 is 9.47 Å². The molecule has 0 aliphatic rings. The van der Waals surface area contributed by atoms with Crippen LogP contribution < -0.4 is 0 Å². The van der Waals surface area contributed by atoms with Gasteiger partial charge in [-0.15, -0.1) is 0 Å². The van der Waals surface area contributed by atoms with E-state index in [0.29, 0.717) is 13.2 Å². The Labute approximate surface area is 98.6 Å². The maximum Gasteiger partial charge on any atom is 0.194 e. The van der Waals surface area contributed by atoms with Crippen LogP contribution in [0.5, 0.6) is 0 Å². The van der Waals surface area contributed by atoms with Gasteiger partial charge in [-0.3, -0.25) is 0 Å². The van der Waals surface area contributed by atoms with E-state index in [0.717, 1.165) is 12.0 Å². The standard InChI is InChI=1S/C14H22O2/c1-5-14(15-6-2,16-7-3)13-11-9-8-10-12(13)4/h8-11H,5-7H2,1-4H3. The molecule has 2 nitrogen and oxygen atoms in total. The van der Waals surface area contributed by atoms with Crippen molar-refractivity contribution >= 4 is 0 Å². The fraction of sp³-hybridized carbons (Fsp3) is 0.571. The van der Waals surface area contributed by atoms with Crippen molar-refractivity contribution in [1.29, 1.82) is 0 Å². The van der Waals surface area contributed by atoms with Crippen LogP contribution in [0.15, 0.2) is 24.3 Å². The van der Waals surface area contributed by atoms with Crippen LogP contribution in [0.25, 0.3) is 0 Å². The second kappa shape index (κ2) is 6.02. The molecular formula is C14H22O2. The number of ether oxygens (including phenoxy) is 2. The van der Waals surface area contributed by atoms with Gasteiger partial charge in [-0.25, -0.2) is 0 Å². The van der Waals surface area contributed by atoms with Crippen LogP contribution in [0.4, 0.5) is 0 Å². The lowest BCUT2D eigenvalue weighted by atomic mass is 9.98. The largest absolute Gasteiger partial charge is 0.346 e. The van der Waals surface area contributed by atoms with Crippen molar-refractivity contribution in [1.82, 2.24) is 0 Å². The zero-order valence-corrected chi connectivity index (χ0v) is 10.7. The summed E-state index contributed by atoms with van der Waals surface area (Å²) in [5.74, 6) is -0.575. The van der Waals surface area contributed by atoms with Crippen molar-refractivity contribution in [2.75, 3.05) is 13.2 Å². The summed E-state index contributed by atoms with van der Waals surface area (Å²) >= 11 is 0. The molecule has 1 aromatic carbocycles. The molecule has 1 rings (SSSR count). The number of hydrogen-bond acceptors (Lipinski definition) is 2. The molecule has 0 bridgehead atoms. The van der Waals surface area contributed by atoms with E-state index >= 15 is 0 Å². The monoisotopic (exact) mass is 222 g/mol. The predicted octanol–water partition coefficient (Wildman–Crippen LogP) is 3.63. The van der Waals surface area contributed by atoms with Crippen molar-refractivity contribution in [2.24, 2.45) is 0 Å². The quantitative estimate of drug-likeness (QED) is 0.684. The highest BCUT2D eigenvalue weighted by molar-refractivity contribution is 5.29. The minimum absolute atomic E-state index is 0.575. The zero-order chi connectivity index (χ0) is 12.0. The van der Waals surface area contributed by atoms with E-state index in [4.69, 9.17) is 9.47 Å². The second-order valence-electron chi connectivity index (χ2n) is 3.79. The van der Waals surface area contributed by atoms with E-state index in [1.54, 1.807) is 0 Å². The highest BCUT2D eigenvalue weighted by atomic mass is 16.7. The van der Waals surface area contributed by atoms with Gasteiger partial charge in [-0.2, -0.15) is 0 Å². The predicted molar refractivity (Wildman–Crippen MR) is 66.4 cm³/mol. The first kappa shape index (κ1) is 13.2. The highest BCUT2D eigenvalue weighted by Crippen LogP contribution is 2.33. The molecule has 0 aliphatic heterocycles. The maximum atomic E-state index is 5.86. The number of benzene rings is 1. The van der Waals surface area contributed by atoms with Crippen molar-refractivity contribution in [3.63, 3.8) is 0 Å². The second-order valence-corrected chi connectivity index (χ2v) is 3.79. The van der Waals surface area contributed by atoms with E-state index in [2.05, 4.69) is 26.0 Å². The Morgan fingerprint density at radius 1 is 1.00 bits per heavy atom. The summed E-state index contributed by atoms with van der Waals surface area (Å²) in [6.07, 6.45) is 0.819. The third-order valence-electron chi connectivity index (χ3n) is 2.78. The highest BCUT2D eigenvalue weighted by Gasteiger charge is 2.32. The van der Waals surface area contributed by atoms with Crippen LogP contribution >= 0.6 is 0 Å². The fourth-order valence-electron chi connectivity index (χ4n) is 2.06. The molecule has 0 heterocycles. The van der Waals surface area contributed by atoms with Crippen LogP contribution in [-0.2, 0) is 15.3 Å². The van der Waals surface area contributed by atoms with E-state index in [9.17, 15) is 0 Å². The molecule has 0 saturated heterocycles. The lowest BCUT2D eigenvalue weighted by Crippen LogP contribution is -2.33. The van der Waals surface area contributed by atoms with Crippen LogP contribution in [0, 0.1) is 6.92 Å². The van der Waals surface area contributed by atoms with E-state index in [1.165, 1.54) is 5.56 Å². The summed E-state index contributed by atoms with van der Waals surface area (Å²) < 4.78 is 11.7. The Hall–Kier alpha value is -0.860. The summed E-state index contributed by atoms with van der Waals surface area (Å²) in [6.45, 7) is 9.50. The molecule has 0 radical (unpaired) electrons. The third-order valence-corrected chi connectivity index (χ3v) is 2.78. The Morgan fingerprint density at radius 2 is 1.56 bits per heavy atom. The Morgan fingerprint density at radius 3 is 2.00 bits per heavy atom. The summed E-state index contributed by atoms with van der Waals surface area (Å²) in [5, 5.41) is 0. The van der Waals surface area contributed by atoms with Gasteiger partial charge in [0.1, 0.15) is 0 Å². The molecule has 0 amide bonds. The molecule has 2 heteroatoms. The van der Waals surface area contributed by atoms with Gasteiger partial charge in [0.2, 0.25) is 0 Å². The van der Waals surface area contributed by atoms with Gasteiger partial charge < -0.3 is 9.47 Å². The van der Waals surface area contributed by atoms with E-state index in [-0.39, 0.29) is 0 Å². The van der Waals surface area contributed by atoms with Gasteiger partial charge in [0.15, 0.2) is 5.79 Å². The fourth-order valence-corrected chi connectivity index (χ4v) is 2.06. The topological polar surface area (TPSA) is 18.5 Å². The molecule has 16 heavy (non-hydrogen) atoms. The first-order chi connectivity index (χ1) is 7.70. The lowest BCUT2D eigenvalue weighted by molar-refractivity contribution is -0.244. The summed E-state index contributed by atoms with van der Waals surface area (Å²) in [5.41, 5.74) is 2.35. The van der Waals surface area contributed by atoms with Gasteiger partial charge in [-0.05, 0) is 26.3 Å². The first-order valence-electron chi connectivity index (χ1n) is 6.04. The molecule has 0 spiro atoms. The SMILES string of the molecule is CCOC(CC)(OCC)c1ccccc1C. The normalized spacial score (nSPS) is 11.8. The molecule has 0 N–H and O–H groups in total. The molecule has 0 aliphatic carbocycles. The Kier molecular flexibility index (Phi) is 4.97. The minimum atomic E-state index is -0.575. The van der Waals surface area contributed by atoms with Crippen molar-refractivity contribution in [3.05, 3.63) is 35.4 Å². The zero-order valence-electron chi connectivity index (χ0n) is 10.7. The molecule has 90 valence electrons. The molecule has 0 atom stereocenters. The number of hydrogen-bond donors (Lipinski definition) is 0. The van der Waals surface area contributed by atoms with Crippen molar-refractivity contribution in [2.45, 2.75) is 39.9 Å². The molecular weight excluding hydrogens is 200 g/mol. The summed E-state index contributed by atoms with van der Waals surface area (Å²) in [7, 11) is 0. The van der Waals surface area contributed by atoms with Crippen molar-refractivity contribution in [3.8, 4) is 0 Å². The molecule has 0 unspecified atom stereocenters.